The van der Waals surface area contributed by atoms with Gasteiger partial charge in [-0.3, -0.25) is 4.99 Å². The van der Waals surface area contributed by atoms with E-state index in [9.17, 15) is 0 Å². The first-order valence-corrected chi connectivity index (χ1v) is 8.35. The van der Waals surface area contributed by atoms with E-state index >= 15 is 0 Å². The van der Waals surface area contributed by atoms with Crippen molar-refractivity contribution < 1.29 is 4.42 Å². The summed E-state index contributed by atoms with van der Waals surface area (Å²) in [5.41, 5.74) is 4.91. The summed E-state index contributed by atoms with van der Waals surface area (Å²) in [4.78, 5) is 8.57. The zero-order chi connectivity index (χ0) is 14.0. The van der Waals surface area contributed by atoms with E-state index in [1.54, 1.807) is 6.26 Å². The normalized spacial score (nSPS) is 21.4. The van der Waals surface area contributed by atoms with Gasteiger partial charge < -0.3 is 9.32 Å². The first kappa shape index (κ1) is 11.9. The number of fused-ring (bicyclic) bond motifs is 2. The molecule has 3 heterocycles. The lowest BCUT2D eigenvalue weighted by Gasteiger charge is -2.18. The average molecular weight is 296 g/mol. The third-order valence-electron chi connectivity index (χ3n) is 4.40. The van der Waals surface area contributed by atoms with Crippen molar-refractivity contribution >= 4 is 33.6 Å². The Morgan fingerprint density at radius 1 is 1.33 bits per heavy atom. The Bertz CT molecular complexity index is 813. The van der Waals surface area contributed by atoms with Crippen LogP contribution >= 0.6 is 11.8 Å². The summed E-state index contributed by atoms with van der Waals surface area (Å²) >= 11 is 1.89. The fourth-order valence-electron chi connectivity index (χ4n) is 3.31. The van der Waals surface area contributed by atoms with Crippen LogP contribution < -0.4 is 0 Å². The van der Waals surface area contributed by atoms with E-state index in [4.69, 9.17) is 4.42 Å². The maximum Gasteiger partial charge on any atom is 0.168 e. The lowest BCUT2D eigenvalue weighted by molar-refractivity contribution is 0.607. The molecule has 0 atom stereocenters. The van der Waals surface area contributed by atoms with Crippen LogP contribution in [0.3, 0.4) is 0 Å². The van der Waals surface area contributed by atoms with Crippen molar-refractivity contribution in [2.24, 2.45) is 10.9 Å². The largest absolute Gasteiger partial charge is 0.464 e. The third-order valence-corrected chi connectivity index (χ3v) is 5.68. The van der Waals surface area contributed by atoms with E-state index in [1.165, 1.54) is 45.1 Å². The molecular weight excluding hydrogens is 280 g/mol. The number of amidine groups is 1. The average Bonchev–Trinajstić information content (AvgIpc) is 2.89. The highest BCUT2D eigenvalue weighted by atomic mass is 32.2. The highest BCUT2D eigenvalue weighted by Gasteiger charge is 2.40. The molecule has 2 aromatic rings. The summed E-state index contributed by atoms with van der Waals surface area (Å²) in [5.74, 6) is 0.740. The first-order chi connectivity index (χ1) is 10.3. The van der Waals surface area contributed by atoms with Gasteiger partial charge in [-0.2, -0.15) is 0 Å². The van der Waals surface area contributed by atoms with E-state index in [0.29, 0.717) is 0 Å². The SMILES string of the molecule is Cc1cc(C2=C(C3CC3)SC3=NCCN32)c2occc2c1. The molecule has 3 nitrogen and oxygen atoms in total. The fourth-order valence-corrected chi connectivity index (χ4v) is 4.67. The molecule has 0 bridgehead atoms. The Morgan fingerprint density at radius 3 is 3.10 bits per heavy atom. The number of furan rings is 1. The molecule has 0 spiro atoms. The lowest BCUT2D eigenvalue weighted by Crippen LogP contribution is -2.20. The van der Waals surface area contributed by atoms with E-state index in [0.717, 1.165) is 24.6 Å². The summed E-state index contributed by atoms with van der Waals surface area (Å²) in [7, 11) is 0. The van der Waals surface area contributed by atoms with Crippen molar-refractivity contribution in [3.63, 3.8) is 0 Å². The Morgan fingerprint density at radius 2 is 2.24 bits per heavy atom. The third kappa shape index (κ3) is 1.72. The number of benzene rings is 1. The van der Waals surface area contributed by atoms with Crippen molar-refractivity contribution in [3.05, 3.63) is 40.5 Å². The van der Waals surface area contributed by atoms with Gasteiger partial charge in [0.15, 0.2) is 5.17 Å². The molecule has 4 heteroatoms. The van der Waals surface area contributed by atoms with Crippen molar-refractivity contribution in [2.75, 3.05) is 13.1 Å². The van der Waals surface area contributed by atoms with Crippen molar-refractivity contribution in [3.8, 4) is 0 Å². The van der Waals surface area contributed by atoms with Gasteiger partial charge in [0.2, 0.25) is 0 Å². The number of rotatable bonds is 2. The first-order valence-electron chi connectivity index (χ1n) is 7.53. The van der Waals surface area contributed by atoms with Crippen LogP contribution in [0, 0.1) is 12.8 Å². The quantitative estimate of drug-likeness (QED) is 0.830. The molecule has 21 heavy (non-hydrogen) atoms. The maximum atomic E-state index is 5.80. The molecule has 1 fully saturated rings. The van der Waals surface area contributed by atoms with Gasteiger partial charge in [-0.15, -0.1) is 0 Å². The molecule has 0 radical (unpaired) electrons. The number of hydrogen-bond acceptors (Lipinski definition) is 4. The standard InChI is InChI=1S/C17H16N2OS/c1-10-8-12-4-7-20-15(12)13(9-10)14-16(11-2-3-11)21-17-18-5-6-19(14)17/h4,7-9,11H,2-3,5-6H2,1H3. The molecule has 1 saturated carbocycles. The zero-order valence-corrected chi connectivity index (χ0v) is 12.7. The van der Waals surface area contributed by atoms with Crippen LogP contribution in [0.2, 0.25) is 0 Å². The fraction of sp³-hybridized carbons (Fsp3) is 0.353. The molecule has 0 unspecified atom stereocenters. The highest BCUT2D eigenvalue weighted by molar-refractivity contribution is 8.17. The summed E-state index contributed by atoms with van der Waals surface area (Å²) < 4.78 is 5.80. The van der Waals surface area contributed by atoms with Crippen molar-refractivity contribution in [2.45, 2.75) is 19.8 Å². The van der Waals surface area contributed by atoms with Crippen LogP contribution in [0.25, 0.3) is 16.7 Å². The Kier molecular flexibility index (Phi) is 2.37. The molecule has 3 aliphatic rings. The molecule has 0 saturated heterocycles. The maximum absolute atomic E-state index is 5.80. The lowest BCUT2D eigenvalue weighted by atomic mass is 10.0. The van der Waals surface area contributed by atoms with Gasteiger partial charge >= 0.3 is 0 Å². The summed E-state index contributed by atoms with van der Waals surface area (Å²) in [6.07, 6.45) is 4.44. The van der Waals surface area contributed by atoms with Gasteiger partial charge in [-0.1, -0.05) is 11.8 Å². The van der Waals surface area contributed by atoms with Gasteiger partial charge in [-0.05, 0) is 49.4 Å². The second kappa shape index (κ2) is 4.17. The van der Waals surface area contributed by atoms with Gasteiger partial charge in [0.1, 0.15) is 5.58 Å². The van der Waals surface area contributed by atoms with Gasteiger partial charge in [-0.25, -0.2) is 0 Å². The Balaban J connectivity index is 1.78. The summed E-state index contributed by atoms with van der Waals surface area (Å²) in [6, 6.07) is 6.52. The van der Waals surface area contributed by atoms with Crippen LogP contribution in [-0.4, -0.2) is 23.2 Å². The number of aliphatic imine (C=N–C) groups is 1. The monoisotopic (exact) mass is 296 g/mol. The molecule has 2 aliphatic heterocycles. The molecule has 106 valence electrons. The van der Waals surface area contributed by atoms with E-state index in [-0.39, 0.29) is 0 Å². The Labute approximate surface area is 127 Å². The molecule has 1 aromatic heterocycles. The Hall–Kier alpha value is -1.68. The highest BCUT2D eigenvalue weighted by Crippen LogP contribution is 2.53. The molecule has 1 aliphatic carbocycles. The van der Waals surface area contributed by atoms with Crippen LogP contribution in [-0.2, 0) is 0 Å². The smallest absolute Gasteiger partial charge is 0.168 e. The van der Waals surface area contributed by atoms with Crippen LogP contribution in [0.1, 0.15) is 24.0 Å². The molecule has 0 amide bonds. The van der Waals surface area contributed by atoms with Crippen LogP contribution in [0.4, 0.5) is 0 Å². The minimum atomic E-state index is 0.740. The number of thioether (sulfide) groups is 1. The zero-order valence-electron chi connectivity index (χ0n) is 11.9. The minimum absolute atomic E-state index is 0.740. The minimum Gasteiger partial charge on any atom is -0.464 e. The van der Waals surface area contributed by atoms with E-state index in [2.05, 4.69) is 35.0 Å². The number of hydrogen-bond donors (Lipinski definition) is 0. The second-order valence-electron chi connectivity index (χ2n) is 6.06. The number of allylic oxidation sites excluding steroid dienone is 1. The predicted octanol–water partition coefficient (Wildman–Crippen LogP) is 4.24. The molecular formula is C17H16N2OS. The van der Waals surface area contributed by atoms with Crippen LogP contribution in [0.15, 0.2) is 38.8 Å². The molecule has 1 aromatic carbocycles. The van der Waals surface area contributed by atoms with Gasteiger partial charge in [0.25, 0.3) is 0 Å². The summed E-state index contributed by atoms with van der Waals surface area (Å²) in [6.45, 7) is 4.08. The van der Waals surface area contributed by atoms with Crippen molar-refractivity contribution in [1.29, 1.82) is 0 Å². The topological polar surface area (TPSA) is 28.7 Å². The van der Waals surface area contributed by atoms with E-state index < -0.39 is 0 Å². The van der Waals surface area contributed by atoms with E-state index in [1.807, 2.05) is 11.8 Å². The van der Waals surface area contributed by atoms with Gasteiger partial charge in [0, 0.05) is 22.4 Å². The predicted molar refractivity (Wildman–Crippen MR) is 87.2 cm³/mol. The summed E-state index contributed by atoms with van der Waals surface area (Å²) in [5, 5.41) is 2.38. The van der Waals surface area contributed by atoms with Gasteiger partial charge in [0.05, 0.1) is 18.5 Å². The number of aryl methyl sites for hydroxylation is 1. The second-order valence-corrected chi connectivity index (χ2v) is 7.07. The molecule has 5 rings (SSSR count). The number of nitrogens with zero attached hydrogens (tertiary/aromatic N) is 2. The van der Waals surface area contributed by atoms with Crippen molar-refractivity contribution in [1.82, 2.24) is 4.90 Å². The van der Waals surface area contributed by atoms with Crippen LogP contribution in [0.5, 0.6) is 0 Å². The molecule has 0 N–H and O–H groups in total.